The van der Waals surface area contributed by atoms with Crippen molar-refractivity contribution in [3.63, 3.8) is 0 Å². The van der Waals surface area contributed by atoms with Gasteiger partial charge in [0.05, 0.1) is 0 Å². The van der Waals surface area contributed by atoms with Gasteiger partial charge in [0, 0.05) is 10.5 Å². The molecule has 0 bridgehead atoms. The maximum Gasteiger partial charge on any atom is 0.0323 e. The van der Waals surface area contributed by atoms with E-state index < -0.39 is 0 Å². The molecule has 0 heterocycles. The molecule has 2 aromatic rings. The molecule has 0 aliphatic carbocycles. The Morgan fingerprint density at radius 2 is 1.82 bits per heavy atom. The topological polar surface area (TPSA) is 0 Å². The largest absolute Gasteiger partial charge is 0.130 e. The Balaban J connectivity index is 2.54. The van der Waals surface area contributed by atoms with Crippen molar-refractivity contribution in [3.8, 4) is 23.0 Å². The second-order valence-electron chi connectivity index (χ2n) is 3.65. The minimum absolute atomic E-state index is 1.09. The molecule has 17 heavy (non-hydrogen) atoms. The molecule has 0 aliphatic rings. The van der Waals surface area contributed by atoms with Crippen LogP contribution in [0.5, 0.6) is 0 Å². The first-order valence-corrected chi connectivity index (χ1v) is 6.74. The monoisotopic (exact) mass is 238 g/mol. The van der Waals surface area contributed by atoms with Gasteiger partial charge in [-0.1, -0.05) is 36.3 Å². The normalized spacial score (nSPS) is 9.53. The quantitative estimate of drug-likeness (QED) is 0.550. The minimum atomic E-state index is 1.09. The predicted molar refractivity (Wildman–Crippen MR) is 76.2 cm³/mol. The standard InChI is InChI=1S/C16H14S/c1-3-7-13-8-4-5-11-16(13)14-9-6-10-15(12-14)17-2/h4-6,8-12H,1-2H3. The lowest BCUT2D eigenvalue weighted by atomic mass is 10.0. The highest BCUT2D eigenvalue weighted by atomic mass is 32.2. The molecule has 0 fully saturated rings. The number of hydrogen-bond acceptors (Lipinski definition) is 1. The molecule has 0 unspecified atom stereocenters. The molecule has 2 aromatic carbocycles. The molecular formula is C16H14S. The lowest BCUT2D eigenvalue weighted by Gasteiger charge is -2.06. The Hall–Kier alpha value is -1.65. The maximum atomic E-state index is 3.16. The number of thioether (sulfide) groups is 1. The average molecular weight is 238 g/mol. The number of benzene rings is 2. The summed E-state index contributed by atoms with van der Waals surface area (Å²) < 4.78 is 0. The van der Waals surface area contributed by atoms with Crippen LogP contribution in [0.15, 0.2) is 53.4 Å². The van der Waals surface area contributed by atoms with Gasteiger partial charge in [0.15, 0.2) is 0 Å². The molecule has 0 aromatic heterocycles. The third-order valence-electron chi connectivity index (χ3n) is 2.57. The van der Waals surface area contributed by atoms with Crippen molar-refractivity contribution in [2.75, 3.05) is 6.26 Å². The lowest BCUT2D eigenvalue weighted by molar-refractivity contribution is 1.45. The van der Waals surface area contributed by atoms with Crippen molar-refractivity contribution in [3.05, 3.63) is 54.1 Å². The van der Waals surface area contributed by atoms with E-state index in [1.54, 1.807) is 11.8 Å². The van der Waals surface area contributed by atoms with Gasteiger partial charge in [-0.2, -0.15) is 0 Å². The third kappa shape index (κ3) is 2.72. The second kappa shape index (κ2) is 5.61. The van der Waals surface area contributed by atoms with Crippen LogP contribution in [0.3, 0.4) is 0 Å². The SMILES string of the molecule is CC#Cc1ccccc1-c1cccc(SC)c1. The smallest absolute Gasteiger partial charge is 0.0323 e. The molecule has 0 amide bonds. The molecule has 0 N–H and O–H groups in total. The molecule has 0 saturated heterocycles. The van der Waals surface area contributed by atoms with Crippen LogP contribution in [0.2, 0.25) is 0 Å². The Kier molecular flexibility index (Phi) is 3.90. The summed E-state index contributed by atoms with van der Waals surface area (Å²) in [6, 6.07) is 16.8. The first kappa shape index (κ1) is 11.8. The van der Waals surface area contributed by atoms with Gasteiger partial charge in [-0.25, -0.2) is 0 Å². The summed E-state index contributed by atoms with van der Waals surface area (Å²) in [7, 11) is 0. The van der Waals surface area contributed by atoms with Gasteiger partial charge in [0.1, 0.15) is 0 Å². The Bertz CT molecular complexity index is 573. The highest BCUT2D eigenvalue weighted by Gasteiger charge is 2.02. The van der Waals surface area contributed by atoms with E-state index >= 15 is 0 Å². The molecule has 84 valence electrons. The average Bonchev–Trinajstić information content (AvgIpc) is 2.40. The molecule has 0 nitrogen and oxygen atoms in total. The summed E-state index contributed by atoms with van der Waals surface area (Å²) in [6.07, 6.45) is 2.09. The summed E-state index contributed by atoms with van der Waals surface area (Å²) in [5, 5.41) is 0. The fraction of sp³-hybridized carbons (Fsp3) is 0.125. The van der Waals surface area contributed by atoms with Gasteiger partial charge in [0.25, 0.3) is 0 Å². The van der Waals surface area contributed by atoms with Crippen molar-refractivity contribution in [1.29, 1.82) is 0 Å². The summed E-state index contributed by atoms with van der Waals surface area (Å²) >= 11 is 1.76. The highest BCUT2D eigenvalue weighted by Crippen LogP contribution is 2.26. The second-order valence-corrected chi connectivity index (χ2v) is 4.53. The predicted octanol–water partition coefficient (Wildman–Crippen LogP) is 4.45. The van der Waals surface area contributed by atoms with Gasteiger partial charge in [0.2, 0.25) is 0 Å². The van der Waals surface area contributed by atoms with Crippen LogP contribution in [0.25, 0.3) is 11.1 Å². The van der Waals surface area contributed by atoms with Gasteiger partial charge in [-0.3, -0.25) is 0 Å². The van der Waals surface area contributed by atoms with Crippen LogP contribution < -0.4 is 0 Å². The Labute approximate surface area is 107 Å². The van der Waals surface area contributed by atoms with Crippen molar-refractivity contribution in [2.24, 2.45) is 0 Å². The van der Waals surface area contributed by atoms with E-state index in [1.807, 2.05) is 13.0 Å². The molecular weight excluding hydrogens is 224 g/mol. The minimum Gasteiger partial charge on any atom is -0.130 e. The van der Waals surface area contributed by atoms with Crippen LogP contribution in [-0.2, 0) is 0 Å². The molecule has 0 aliphatic heterocycles. The van der Waals surface area contributed by atoms with E-state index in [2.05, 4.69) is 60.6 Å². The molecule has 2 rings (SSSR count). The van der Waals surface area contributed by atoms with Crippen LogP contribution in [0, 0.1) is 11.8 Å². The van der Waals surface area contributed by atoms with E-state index in [4.69, 9.17) is 0 Å². The summed E-state index contributed by atoms with van der Waals surface area (Å²) in [5.41, 5.74) is 3.53. The van der Waals surface area contributed by atoms with Crippen molar-refractivity contribution >= 4 is 11.8 Å². The summed E-state index contributed by atoms with van der Waals surface area (Å²) in [4.78, 5) is 1.28. The van der Waals surface area contributed by atoms with E-state index in [1.165, 1.54) is 16.0 Å². The summed E-state index contributed by atoms with van der Waals surface area (Å²) in [5.74, 6) is 6.12. The van der Waals surface area contributed by atoms with E-state index in [0.717, 1.165) is 5.56 Å². The molecule has 0 spiro atoms. The van der Waals surface area contributed by atoms with Gasteiger partial charge < -0.3 is 0 Å². The highest BCUT2D eigenvalue weighted by molar-refractivity contribution is 7.98. The van der Waals surface area contributed by atoms with Gasteiger partial charge in [-0.05, 0) is 42.5 Å². The molecule has 1 heteroatoms. The van der Waals surface area contributed by atoms with E-state index in [9.17, 15) is 0 Å². The van der Waals surface area contributed by atoms with Crippen LogP contribution in [-0.4, -0.2) is 6.26 Å². The Morgan fingerprint density at radius 1 is 1.00 bits per heavy atom. The van der Waals surface area contributed by atoms with Crippen molar-refractivity contribution in [2.45, 2.75) is 11.8 Å². The zero-order valence-electron chi connectivity index (χ0n) is 10.0. The fourth-order valence-corrected chi connectivity index (χ4v) is 2.23. The fourth-order valence-electron chi connectivity index (χ4n) is 1.77. The Morgan fingerprint density at radius 3 is 2.59 bits per heavy atom. The zero-order valence-corrected chi connectivity index (χ0v) is 10.8. The number of hydrogen-bond donors (Lipinski definition) is 0. The lowest BCUT2D eigenvalue weighted by Crippen LogP contribution is -1.84. The number of rotatable bonds is 2. The van der Waals surface area contributed by atoms with Gasteiger partial charge >= 0.3 is 0 Å². The third-order valence-corrected chi connectivity index (χ3v) is 3.29. The summed E-state index contributed by atoms with van der Waals surface area (Å²) in [6.45, 7) is 1.87. The zero-order chi connectivity index (χ0) is 12.1. The van der Waals surface area contributed by atoms with Crippen LogP contribution in [0.4, 0.5) is 0 Å². The van der Waals surface area contributed by atoms with Crippen molar-refractivity contribution < 1.29 is 0 Å². The van der Waals surface area contributed by atoms with E-state index in [-0.39, 0.29) is 0 Å². The molecule has 0 atom stereocenters. The first-order chi connectivity index (χ1) is 8.35. The van der Waals surface area contributed by atoms with Gasteiger partial charge in [-0.15, -0.1) is 17.7 Å². The molecule has 0 radical (unpaired) electrons. The van der Waals surface area contributed by atoms with Crippen LogP contribution >= 0.6 is 11.8 Å². The van der Waals surface area contributed by atoms with E-state index in [0.29, 0.717) is 0 Å². The molecule has 0 saturated carbocycles. The van der Waals surface area contributed by atoms with Crippen molar-refractivity contribution in [1.82, 2.24) is 0 Å². The first-order valence-electron chi connectivity index (χ1n) is 5.51. The van der Waals surface area contributed by atoms with Crippen LogP contribution in [0.1, 0.15) is 12.5 Å². The maximum absolute atomic E-state index is 3.16.